The zero-order chi connectivity index (χ0) is 30.5. The maximum Gasteiger partial charge on any atom is 0.145 e. The summed E-state index contributed by atoms with van der Waals surface area (Å²) in [5.74, 6) is 1.30. The molecular formula is C43H30N2O. The summed E-state index contributed by atoms with van der Waals surface area (Å²) >= 11 is 0. The van der Waals surface area contributed by atoms with Crippen LogP contribution in [0.4, 0.5) is 0 Å². The Morgan fingerprint density at radius 2 is 1.37 bits per heavy atom. The van der Waals surface area contributed by atoms with Crippen molar-refractivity contribution in [1.82, 2.24) is 9.55 Å². The molecule has 0 spiro atoms. The minimum Gasteiger partial charge on any atom is -0.455 e. The van der Waals surface area contributed by atoms with Crippen molar-refractivity contribution >= 4 is 33.0 Å². The van der Waals surface area contributed by atoms with Crippen LogP contribution < -0.4 is 0 Å². The second-order valence-electron chi connectivity index (χ2n) is 12.0. The molecule has 0 saturated carbocycles. The third-order valence-electron chi connectivity index (χ3n) is 9.14. The van der Waals surface area contributed by atoms with Crippen LogP contribution in [-0.2, 0) is 0 Å². The molecule has 0 fully saturated rings. The maximum absolute atomic E-state index is 6.65. The number of hydrogen-bond donors (Lipinski definition) is 0. The second-order valence-corrected chi connectivity index (χ2v) is 12.0. The van der Waals surface area contributed by atoms with Gasteiger partial charge in [0.25, 0.3) is 0 Å². The Morgan fingerprint density at radius 1 is 0.609 bits per heavy atom. The number of furan rings is 1. The highest BCUT2D eigenvalue weighted by Gasteiger charge is 2.19. The molecule has 1 aliphatic rings. The first-order valence-corrected chi connectivity index (χ1v) is 15.8. The van der Waals surface area contributed by atoms with E-state index in [1.165, 1.54) is 16.7 Å². The van der Waals surface area contributed by atoms with Gasteiger partial charge in [0.05, 0.1) is 11.0 Å². The molecule has 0 N–H and O–H groups in total. The van der Waals surface area contributed by atoms with Gasteiger partial charge in [-0.05, 0) is 77.2 Å². The van der Waals surface area contributed by atoms with E-state index < -0.39 is 0 Å². The number of fused-ring (bicyclic) bond motifs is 4. The van der Waals surface area contributed by atoms with Crippen LogP contribution in [0.5, 0.6) is 0 Å². The van der Waals surface area contributed by atoms with Crippen LogP contribution in [0.15, 0.2) is 168 Å². The maximum atomic E-state index is 6.65. The molecule has 0 bridgehead atoms. The quantitative estimate of drug-likeness (QED) is 0.200. The van der Waals surface area contributed by atoms with Crippen LogP contribution in [0.2, 0.25) is 0 Å². The fraction of sp³-hybridized carbons (Fsp3) is 0.0465. The van der Waals surface area contributed by atoms with Gasteiger partial charge in [-0.1, -0.05) is 115 Å². The predicted octanol–water partition coefficient (Wildman–Crippen LogP) is 11.5. The van der Waals surface area contributed by atoms with E-state index in [4.69, 9.17) is 9.40 Å². The summed E-state index contributed by atoms with van der Waals surface area (Å²) in [4.78, 5) is 5.08. The van der Waals surface area contributed by atoms with Crippen molar-refractivity contribution in [2.24, 2.45) is 0 Å². The molecule has 1 atom stereocenters. The van der Waals surface area contributed by atoms with Gasteiger partial charge < -0.3 is 4.42 Å². The number of rotatable bonds is 5. The number of nitrogens with zero attached hydrogens (tertiary/aromatic N) is 2. The fourth-order valence-electron chi connectivity index (χ4n) is 6.82. The predicted molar refractivity (Wildman–Crippen MR) is 190 cm³/mol. The molecule has 3 heteroatoms. The molecule has 0 radical (unpaired) electrons. The van der Waals surface area contributed by atoms with Crippen molar-refractivity contribution < 1.29 is 4.42 Å². The summed E-state index contributed by atoms with van der Waals surface area (Å²) in [6.07, 6.45) is 9.83. The zero-order valence-electron chi connectivity index (χ0n) is 25.2. The number of allylic oxidation sites excluding steroid dienone is 4. The molecular weight excluding hydrogens is 560 g/mol. The minimum absolute atomic E-state index is 0.378. The van der Waals surface area contributed by atoms with Crippen LogP contribution in [-0.4, -0.2) is 9.55 Å². The van der Waals surface area contributed by atoms with E-state index in [-0.39, 0.29) is 0 Å². The van der Waals surface area contributed by atoms with Crippen LogP contribution >= 0.6 is 0 Å². The Labute approximate surface area is 267 Å². The number of aromatic nitrogens is 2. The Morgan fingerprint density at radius 3 is 2.17 bits per heavy atom. The summed E-state index contributed by atoms with van der Waals surface area (Å²) in [5, 5.41) is 2.29. The minimum atomic E-state index is 0.378. The van der Waals surface area contributed by atoms with Gasteiger partial charge in [-0.2, -0.15) is 0 Å². The molecule has 9 rings (SSSR count). The Balaban J connectivity index is 1.21. The average Bonchev–Trinajstić information content (AvgIpc) is 3.71. The Bertz CT molecular complexity index is 2430. The van der Waals surface area contributed by atoms with E-state index in [1.807, 2.05) is 12.1 Å². The van der Waals surface area contributed by atoms with Gasteiger partial charge in [0, 0.05) is 33.5 Å². The molecule has 2 heterocycles. The first-order chi connectivity index (χ1) is 22.8. The molecule has 8 aromatic rings. The summed E-state index contributed by atoms with van der Waals surface area (Å²) < 4.78 is 8.90. The van der Waals surface area contributed by atoms with Crippen molar-refractivity contribution in [3.8, 4) is 39.3 Å². The lowest BCUT2D eigenvalue weighted by Crippen LogP contribution is -1.97. The highest BCUT2D eigenvalue weighted by molar-refractivity contribution is 6.11. The number of hydrogen-bond acceptors (Lipinski definition) is 2. The summed E-state index contributed by atoms with van der Waals surface area (Å²) in [6.45, 7) is 0. The van der Waals surface area contributed by atoms with Gasteiger partial charge in [-0.25, -0.2) is 4.98 Å². The zero-order valence-corrected chi connectivity index (χ0v) is 25.2. The van der Waals surface area contributed by atoms with Crippen molar-refractivity contribution in [2.45, 2.75) is 12.3 Å². The molecule has 0 aliphatic heterocycles. The number of para-hydroxylation sites is 3. The van der Waals surface area contributed by atoms with Crippen LogP contribution in [0.1, 0.15) is 17.9 Å². The first kappa shape index (κ1) is 26.5. The SMILES string of the molecule is C1=CCC(c2ccc3oc4c(-c5ccc(-c6nc7ccccc7n6-c6ccccc6)cc5)cc(-c5ccccc5)cc4c3c2)C=C1. The molecule has 0 amide bonds. The molecule has 1 unspecified atom stereocenters. The van der Waals surface area contributed by atoms with Crippen molar-refractivity contribution in [3.63, 3.8) is 0 Å². The van der Waals surface area contributed by atoms with Gasteiger partial charge >= 0.3 is 0 Å². The van der Waals surface area contributed by atoms with Crippen molar-refractivity contribution in [1.29, 1.82) is 0 Å². The summed E-state index contributed by atoms with van der Waals surface area (Å²) in [6, 6.07) is 49.4. The van der Waals surface area contributed by atoms with Gasteiger partial charge in [-0.3, -0.25) is 4.57 Å². The molecule has 6 aromatic carbocycles. The van der Waals surface area contributed by atoms with Crippen LogP contribution in [0, 0.1) is 0 Å². The lowest BCUT2D eigenvalue weighted by molar-refractivity contribution is 0.669. The molecule has 2 aromatic heterocycles. The van der Waals surface area contributed by atoms with Gasteiger partial charge in [0.1, 0.15) is 17.0 Å². The lowest BCUT2D eigenvalue weighted by atomic mass is 9.91. The highest BCUT2D eigenvalue weighted by atomic mass is 16.3. The monoisotopic (exact) mass is 590 g/mol. The summed E-state index contributed by atoms with van der Waals surface area (Å²) in [7, 11) is 0. The lowest BCUT2D eigenvalue weighted by Gasteiger charge is -2.13. The molecule has 1 aliphatic carbocycles. The third kappa shape index (κ3) is 4.48. The molecule has 3 nitrogen and oxygen atoms in total. The first-order valence-electron chi connectivity index (χ1n) is 15.8. The van der Waals surface area contributed by atoms with E-state index in [1.54, 1.807) is 0 Å². The van der Waals surface area contributed by atoms with Crippen molar-refractivity contribution in [2.75, 3.05) is 0 Å². The van der Waals surface area contributed by atoms with Gasteiger partial charge in [0.15, 0.2) is 0 Å². The third-order valence-corrected chi connectivity index (χ3v) is 9.14. The normalized spacial score (nSPS) is 14.5. The fourth-order valence-corrected chi connectivity index (χ4v) is 6.82. The van der Waals surface area contributed by atoms with E-state index in [0.29, 0.717) is 5.92 Å². The van der Waals surface area contributed by atoms with Gasteiger partial charge in [-0.15, -0.1) is 0 Å². The van der Waals surface area contributed by atoms with E-state index in [0.717, 1.165) is 67.6 Å². The van der Waals surface area contributed by atoms with E-state index in [2.05, 4.69) is 156 Å². The largest absolute Gasteiger partial charge is 0.455 e. The topological polar surface area (TPSA) is 31.0 Å². The standard InChI is InChI=1S/C43H30N2O/c1-4-12-29(13-5-1)33-24-25-41-37(26-33)38-28-34(30-14-6-2-7-15-30)27-36(42(38)46-41)31-20-22-32(23-21-31)43-44-39-18-10-11-19-40(39)45(43)35-16-8-3-9-17-35/h1-12,14-29H,13H2. The number of benzene rings is 6. The average molecular weight is 591 g/mol. The van der Waals surface area contributed by atoms with Crippen LogP contribution in [0.25, 0.3) is 72.3 Å². The van der Waals surface area contributed by atoms with Crippen LogP contribution in [0.3, 0.4) is 0 Å². The van der Waals surface area contributed by atoms with Crippen molar-refractivity contribution in [3.05, 3.63) is 169 Å². The second kappa shape index (κ2) is 10.9. The Hall–Kier alpha value is -5.93. The molecule has 46 heavy (non-hydrogen) atoms. The highest BCUT2D eigenvalue weighted by Crippen LogP contribution is 2.41. The molecule has 218 valence electrons. The van der Waals surface area contributed by atoms with E-state index in [9.17, 15) is 0 Å². The molecule has 0 saturated heterocycles. The van der Waals surface area contributed by atoms with Gasteiger partial charge in [0.2, 0.25) is 0 Å². The summed E-state index contributed by atoms with van der Waals surface area (Å²) in [5.41, 5.74) is 11.9. The van der Waals surface area contributed by atoms with E-state index >= 15 is 0 Å². The smallest absolute Gasteiger partial charge is 0.145 e. The number of imidazole rings is 1. The Kier molecular flexibility index (Phi) is 6.27.